The summed E-state index contributed by atoms with van der Waals surface area (Å²) in [6.07, 6.45) is 0.524. The van der Waals surface area contributed by atoms with Crippen LogP contribution in [-0.4, -0.2) is 73.6 Å². The third-order valence-electron chi connectivity index (χ3n) is 6.97. The molecule has 3 rings (SSSR count). The summed E-state index contributed by atoms with van der Waals surface area (Å²) in [5, 5.41) is 24.7. The van der Waals surface area contributed by atoms with Crippen molar-refractivity contribution in [2.24, 2.45) is 16.7 Å². The largest absolute Gasteiger partial charge is 0.496 e. The SMILES string of the molecule is COc1cc(F)c(OC2CCC(CO)(C(=O)O)CC2)cc1C(=O)NC1COC[C@H]1C(=O)NCC(C)(C)C. The zero-order valence-corrected chi connectivity index (χ0v) is 21.8. The molecular formula is C26H37FN2O8. The number of carboxylic acid groups (broad SMARTS) is 1. The van der Waals surface area contributed by atoms with E-state index in [1.54, 1.807) is 0 Å². The molecule has 1 aliphatic heterocycles. The van der Waals surface area contributed by atoms with Gasteiger partial charge in [0.15, 0.2) is 11.6 Å². The van der Waals surface area contributed by atoms with Gasteiger partial charge >= 0.3 is 5.97 Å². The molecule has 37 heavy (non-hydrogen) atoms. The van der Waals surface area contributed by atoms with Gasteiger partial charge in [-0.05, 0) is 37.2 Å². The average Bonchev–Trinajstić information content (AvgIpc) is 3.31. The van der Waals surface area contributed by atoms with Crippen LogP contribution in [0.15, 0.2) is 12.1 Å². The number of aliphatic hydroxyl groups is 1. The van der Waals surface area contributed by atoms with Gasteiger partial charge in [0.05, 0.1) is 56.0 Å². The van der Waals surface area contributed by atoms with Crippen molar-refractivity contribution in [3.8, 4) is 11.5 Å². The monoisotopic (exact) mass is 524 g/mol. The predicted octanol–water partition coefficient (Wildman–Crippen LogP) is 2.13. The van der Waals surface area contributed by atoms with Crippen LogP contribution in [0.1, 0.15) is 56.8 Å². The fourth-order valence-electron chi connectivity index (χ4n) is 4.54. The third-order valence-corrected chi connectivity index (χ3v) is 6.97. The minimum absolute atomic E-state index is 0.00354. The molecule has 1 saturated heterocycles. The number of nitrogens with one attached hydrogen (secondary N) is 2. The minimum Gasteiger partial charge on any atom is -0.496 e. The maximum atomic E-state index is 14.8. The molecule has 10 nitrogen and oxygen atoms in total. The van der Waals surface area contributed by atoms with E-state index in [4.69, 9.17) is 14.2 Å². The Balaban J connectivity index is 1.70. The van der Waals surface area contributed by atoms with Crippen LogP contribution < -0.4 is 20.1 Å². The highest BCUT2D eigenvalue weighted by molar-refractivity contribution is 5.98. The molecule has 1 heterocycles. The molecular weight excluding hydrogens is 487 g/mol. The molecule has 4 N–H and O–H groups in total. The molecule has 1 aromatic rings. The summed E-state index contributed by atoms with van der Waals surface area (Å²) in [6, 6.07) is 1.73. The number of carbonyl (C=O) groups excluding carboxylic acids is 2. The predicted molar refractivity (Wildman–Crippen MR) is 131 cm³/mol. The number of hydrogen-bond donors (Lipinski definition) is 4. The number of rotatable bonds is 9. The Labute approximate surface area is 215 Å². The number of aliphatic carboxylic acids is 1. The Morgan fingerprint density at radius 3 is 2.41 bits per heavy atom. The first-order valence-corrected chi connectivity index (χ1v) is 12.4. The number of ether oxygens (including phenoxy) is 3. The van der Waals surface area contributed by atoms with E-state index in [0.29, 0.717) is 19.4 Å². The fraction of sp³-hybridized carbons (Fsp3) is 0.654. The molecule has 2 amide bonds. The highest BCUT2D eigenvalue weighted by atomic mass is 19.1. The van der Waals surface area contributed by atoms with E-state index in [9.17, 15) is 29.0 Å². The summed E-state index contributed by atoms with van der Waals surface area (Å²) in [5.74, 6) is -3.31. The first-order chi connectivity index (χ1) is 17.4. The lowest BCUT2D eigenvalue weighted by Gasteiger charge is -2.35. The number of methoxy groups -OCH3 is 1. The average molecular weight is 525 g/mol. The highest BCUT2D eigenvalue weighted by Gasteiger charge is 2.42. The van der Waals surface area contributed by atoms with Crippen LogP contribution in [-0.2, 0) is 14.3 Å². The van der Waals surface area contributed by atoms with E-state index in [0.717, 1.165) is 6.07 Å². The summed E-state index contributed by atoms with van der Waals surface area (Å²) in [4.78, 5) is 37.4. The molecule has 2 atom stereocenters. The van der Waals surface area contributed by atoms with Crippen molar-refractivity contribution in [1.82, 2.24) is 10.6 Å². The first kappa shape index (κ1) is 28.6. The highest BCUT2D eigenvalue weighted by Crippen LogP contribution is 2.38. The molecule has 1 saturated carbocycles. The number of hydrogen-bond acceptors (Lipinski definition) is 7. The van der Waals surface area contributed by atoms with Gasteiger partial charge in [0.2, 0.25) is 5.91 Å². The number of carboxylic acids is 1. The van der Waals surface area contributed by atoms with Crippen molar-refractivity contribution < 1.29 is 43.2 Å². The van der Waals surface area contributed by atoms with E-state index in [1.165, 1.54) is 13.2 Å². The van der Waals surface area contributed by atoms with E-state index in [1.807, 2.05) is 20.8 Å². The van der Waals surface area contributed by atoms with Crippen LogP contribution in [0.4, 0.5) is 4.39 Å². The van der Waals surface area contributed by atoms with Crippen LogP contribution in [0.5, 0.6) is 11.5 Å². The van der Waals surface area contributed by atoms with Crippen molar-refractivity contribution in [1.29, 1.82) is 0 Å². The molecule has 0 spiro atoms. The number of benzene rings is 1. The van der Waals surface area contributed by atoms with Gasteiger partial charge in [-0.3, -0.25) is 14.4 Å². The lowest BCUT2D eigenvalue weighted by molar-refractivity contribution is -0.155. The van der Waals surface area contributed by atoms with Crippen LogP contribution >= 0.6 is 0 Å². The van der Waals surface area contributed by atoms with Gasteiger partial charge in [0.1, 0.15) is 5.75 Å². The summed E-state index contributed by atoms with van der Waals surface area (Å²) in [5.41, 5.74) is -1.29. The van der Waals surface area contributed by atoms with Gasteiger partial charge in [-0.25, -0.2) is 4.39 Å². The van der Waals surface area contributed by atoms with Gasteiger partial charge < -0.3 is 35.1 Å². The number of amides is 2. The Kier molecular flexibility index (Phi) is 9.01. The fourth-order valence-corrected chi connectivity index (χ4v) is 4.54. The molecule has 0 aromatic heterocycles. The van der Waals surface area contributed by atoms with Crippen LogP contribution in [0.2, 0.25) is 0 Å². The Morgan fingerprint density at radius 1 is 1.16 bits per heavy atom. The van der Waals surface area contributed by atoms with Crippen molar-refractivity contribution in [3.05, 3.63) is 23.5 Å². The molecule has 1 unspecified atom stereocenters. The number of aliphatic hydroxyl groups excluding tert-OH is 1. The second kappa shape index (κ2) is 11.6. The molecule has 1 aromatic carbocycles. The Hall–Kier alpha value is -2.92. The molecule has 206 valence electrons. The second-order valence-electron chi connectivity index (χ2n) is 11.0. The van der Waals surface area contributed by atoms with Crippen molar-refractivity contribution in [2.75, 3.05) is 33.5 Å². The molecule has 2 aliphatic rings. The number of carbonyl (C=O) groups is 3. The van der Waals surface area contributed by atoms with E-state index in [2.05, 4.69) is 10.6 Å². The van der Waals surface area contributed by atoms with Crippen molar-refractivity contribution >= 4 is 17.8 Å². The zero-order valence-electron chi connectivity index (χ0n) is 21.8. The summed E-state index contributed by atoms with van der Waals surface area (Å²) in [6.45, 7) is 6.33. The zero-order chi connectivity index (χ0) is 27.4. The second-order valence-corrected chi connectivity index (χ2v) is 11.0. The standard InChI is InChI=1S/C26H37FN2O8/c1-25(2,3)13-28-22(31)17-11-36-12-19(17)29-23(32)16-9-21(18(27)10-20(16)35-4)37-15-5-7-26(14-30,8-6-15)24(33)34/h9-10,15,17,19,30H,5-8,11-14H2,1-4H3,(H,28,31)(H,29,32)(H,33,34)/t15?,17-,19?,26?/m1/s1. The summed E-state index contributed by atoms with van der Waals surface area (Å²) < 4.78 is 31.3. The molecule has 2 fully saturated rings. The third kappa shape index (κ3) is 6.89. The maximum absolute atomic E-state index is 14.8. The maximum Gasteiger partial charge on any atom is 0.311 e. The number of halogens is 1. The topological polar surface area (TPSA) is 143 Å². The normalized spacial score (nSPS) is 25.8. The molecule has 0 radical (unpaired) electrons. The van der Waals surface area contributed by atoms with Crippen molar-refractivity contribution in [3.63, 3.8) is 0 Å². The molecule has 0 bridgehead atoms. The Bertz CT molecular complexity index is 1000. The van der Waals surface area contributed by atoms with Crippen molar-refractivity contribution in [2.45, 2.75) is 58.6 Å². The van der Waals surface area contributed by atoms with E-state index in [-0.39, 0.29) is 54.4 Å². The van der Waals surface area contributed by atoms with Gasteiger partial charge in [-0.15, -0.1) is 0 Å². The van der Waals surface area contributed by atoms with E-state index >= 15 is 0 Å². The lowest BCUT2D eigenvalue weighted by atomic mass is 9.74. The molecule has 1 aliphatic carbocycles. The van der Waals surface area contributed by atoms with Crippen LogP contribution in [0.25, 0.3) is 0 Å². The van der Waals surface area contributed by atoms with Crippen LogP contribution in [0, 0.1) is 22.6 Å². The van der Waals surface area contributed by atoms with Gasteiger partial charge in [0, 0.05) is 12.6 Å². The minimum atomic E-state index is -1.22. The van der Waals surface area contributed by atoms with Gasteiger partial charge in [-0.1, -0.05) is 20.8 Å². The van der Waals surface area contributed by atoms with Crippen LogP contribution in [0.3, 0.4) is 0 Å². The first-order valence-electron chi connectivity index (χ1n) is 12.4. The summed E-state index contributed by atoms with van der Waals surface area (Å²) >= 11 is 0. The molecule has 11 heteroatoms. The van der Waals surface area contributed by atoms with Gasteiger partial charge in [0.25, 0.3) is 5.91 Å². The lowest BCUT2D eigenvalue weighted by Crippen LogP contribution is -2.47. The smallest absolute Gasteiger partial charge is 0.311 e. The summed E-state index contributed by atoms with van der Waals surface area (Å²) in [7, 11) is 1.31. The Morgan fingerprint density at radius 2 is 1.84 bits per heavy atom. The van der Waals surface area contributed by atoms with Gasteiger partial charge in [-0.2, -0.15) is 0 Å². The van der Waals surface area contributed by atoms with E-state index < -0.39 is 47.8 Å². The quantitative estimate of drug-likeness (QED) is 0.385.